The van der Waals surface area contributed by atoms with E-state index >= 15 is 0 Å². The topological polar surface area (TPSA) is 105 Å². The van der Waals surface area contributed by atoms with Crippen molar-refractivity contribution in [1.29, 1.82) is 0 Å². The molecule has 0 amide bonds. The Hall–Kier alpha value is -2.50. The Labute approximate surface area is 117 Å². The van der Waals surface area contributed by atoms with Gasteiger partial charge in [0.25, 0.3) is 0 Å². The van der Waals surface area contributed by atoms with Crippen molar-refractivity contribution in [1.82, 2.24) is 0 Å². The van der Waals surface area contributed by atoms with Crippen LogP contribution in [0.25, 0.3) is 0 Å². The molecule has 108 valence electrons. The van der Waals surface area contributed by atoms with Crippen molar-refractivity contribution in [2.24, 2.45) is 0 Å². The first-order chi connectivity index (χ1) is 9.54. The summed E-state index contributed by atoms with van der Waals surface area (Å²) in [6.07, 6.45) is 2.31. The second-order valence-electron chi connectivity index (χ2n) is 4.06. The number of benzene rings is 1. The van der Waals surface area contributed by atoms with Gasteiger partial charge in [0.1, 0.15) is 0 Å². The summed E-state index contributed by atoms with van der Waals surface area (Å²) in [5.41, 5.74) is 12.3. The van der Waals surface area contributed by atoms with Crippen molar-refractivity contribution < 1.29 is 19.1 Å². The van der Waals surface area contributed by atoms with Crippen LogP contribution in [0.1, 0.15) is 23.2 Å². The third-order valence-corrected chi connectivity index (χ3v) is 2.51. The lowest BCUT2D eigenvalue weighted by molar-refractivity contribution is -0.137. The number of anilines is 2. The number of ether oxygens (including phenoxy) is 2. The van der Waals surface area contributed by atoms with Crippen LogP contribution in [0.2, 0.25) is 0 Å². The quantitative estimate of drug-likeness (QED) is 0.339. The summed E-state index contributed by atoms with van der Waals surface area (Å²) in [4.78, 5) is 22.4. The Morgan fingerprint density at radius 2 is 1.75 bits per heavy atom. The first kappa shape index (κ1) is 15.6. The molecule has 1 aromatic rings. The molecule has 0 aromatic heterocycles. The number of hydrogen-bond acceptors (Lipinski definition) is 6. The molecule has 0 atom stereocenters. The highest BCUT2D eigenvalue weighted by Gasteiger charge is 2.08. The van der Waals surface area contributed by atoms with Gasteiger partial charge in [-0.25, -0.2) is 9.59 Å². The highest BCUT2D eigenvalue weighted by molar-refractivity contribution is 5.91. The minimum atomic E-state index is -0.459. The third-order valence-electron chi connectivity index (χ3n) is 2.51. The second kappa shape index (κ2) is 7.83. The van der Waals surface area contributed by atoms with E-state index in [-0.39, 0.29) is 13.2 Å². The van der Waals surface area contributed by atoms with Gasteiger partial charge in [-0.15, -0.1) is 0 Å². The summed E-state index contributed by atoms with van der Waals surface area (Å²) in [7, 11) is 0. The van der Waals surface area contributed by atoms with Crippen LogP contribution in [0.5, 0.6) is 0 Å². The van der Waals surface area contributed by atoms with Crippen LogP contribution in [0.15, 0.2) is 30.9 Å². The number of carbonyl (C=O) groups is 2. The lowest BCUT2D eigenvalue weighted by Crippen LogP contribution is -2.09. The Morgan fingerprint density at radius 3 is 2.35 bits per heavy atom. The van der Waals surface area contributed by atoms with Crippen LogP contribution >= 0.6 is 0 Å². The molecule has 6 heteroatoms. The minimum absolute atomic E-state index is 0.245. The molecule has 0 saturated heterocycles. The molecule has 1 aromatic carbocycles. The molecule has 0 saturated carbocycles. The molecule has 0 radical (unpaired) electrons. The maximum absolute atomic E-state index is 11.7. The van der Waals surface area contributed by atoms with Gasteiger partial charge in [0, 0.05) is 6.08 Å². The SMILES string of the molecule is C=CC(=O)OCCCCOC(=O)c1ccc(N)c(N)c1. The molecule has 20 heavy (non-hydrogen) atoms. The maximum Gasteiger partial charge on any atom is 0.338 e. The van der Waals surface area contributed by atoms with E-state index in [1.165, 1.54) is 6.07 Å². The van der Waals surface area contributed by atoms with Crippen molar-refractivity contribution in [2.75, 3.05) is 24.7 Å². The fourth-order valence-corrected chi connectivity index (χ4v) is 1.39. The number of hydrogen-bond donors (Lipinski definition) is 2. The van der Waals surface area contributed by atoms with Crippen LogP contribution in [0, 0.1) is 0 Å². The smallest absolute Gasteiger partial charge is 0.338 e. The predicted octanol–water partition coefficient (Wildman–Crippen LogP) is 1.52. The highest BCUT2D eigenvalue weighted by Crippen LogP contribution is 2.16. The molecule has 0 unspecified atom stereocenters. The molecule has 0 fully saturated rings. The Balaban J connectivity index is 2.24. The number of carbonyl (C=O) groups excluding carboxylic acids is 2. The molecule has 0 aliphatic carbocycles. The van der Waals surface area contributed by atoms with Gasteiger partial charge in [-0.1, -0.05) is 6.58 Å². The molecule has 4 N–H and O–H groups in total. The summed E-state index contributed by atoms with van der Waals surface area (Å²) in [6.45, 7) is 3.80. The van der Waals surface area contributed by atoms with E-state index in [1.807, 2.05) is 0 Å². The lowest BCUT2D eigenvalue weighted by atomic mass is 10.2. The van der Waals surface area contributed by atoms with E-state index in [1.54, 1.807) is 12.1 Å². The monoisotopic (exact) mass is 278 g/mol. The zero-order valence-electron chi connectivity index (χ0n) is 11.1. The summed E-state index contributed by atoms with van der Waals surface area (Å²) >= 11 is 0. The fraction of sp³-hybridized carbons (Fsp3) is 0.286. The number of esters is 2. The standard InChI is InChI=1S/C14H18N2O4/c1-2-13(17)19-7-3-4-8-20-14(18)10-5-6-11(15)12(16)9-10/h2,5-6,9H,1,3-4,7-8,15-16H2. The van der Waals surface area contributed by atoms with Crippen molar-refractivity contribution in [2.45, 2.75) is 12.8 Å². The van der Waals surface area contributed by atoms with Gasteiger partial charge >= 0.3 is 11.9 Å². The molecular formula is C14H18N2O4. The molecule has 0 aliphatic rings. The van der Waals surface area contributed by atoms with E-state index in [4.69, 9.17) is 20.9 Å². The highest BCUT2D eigenvalue weighted by atomic mass is 16.5. The van der Waals surface area contributed by atoms with Gasteiger partial charge in [-0.3, -0.25) is 0 Å². The van der Waals surface area contributed by atoms with E-state index in [0.29, 0.717) is 29.8 Å². The van der Waals surface area contributed by atoms with Crippen molar-refractivity contribution in [3.63, 3.8) is 0 Å². The van der Waals surface area contributed by atoms with Crippen molar-refractivity contribution >= 4 is 23.3 Å². The molecule has 0 bridgehead atoms. The van der Waals surface area contributed by atoms with Gasteiger partial charge in [0.15, 0.2) is 0 Å². The third kappa shape index (κ3) is 5.01. The molecule has 0 aliphatic heterocycles. The molecular weight excluding hydrogens is 260 g/mol. The fourth-order valence-electron chi connectivity index (χ4n) is 1.39. The van der Waals surface area contributed by atoms with Crippen LogP contribution in [-0.4, -0.2) is 25.2 Å². The summed E-state index contributed by atoms with van der Waals surface area (Å²) in [6, 6.07) is 4.59. The minimum Gasteiger partial charge on any atom is -0.463 e. The maximum atomic E-state index is 11.7. The number of nitrogen functional groups attached to an aromatic ring is 2. The largest absolute Gasteiger partial charge is 0.463 e. The lowest BCUT2D eigenvalue weighted by Gasteiger charge is -2.06. The molecule has 0 spiro atoms. The zero-order chi connectivity index (χ0) is 15.0. The average Bonchev–Trinajstić information content (AvgIpc) is 2.44. The van der Waals surface area contributed by atoms with E-state index in [2.05, 4.69) is 6.58 Å². The van der Waals surface area contributed by atoms with Gasteiger partial charge < -0.3 is 20.9 Å². The first-order valence-electron chi connectivity index (χ1n) is 6.16. The molecule has 0 heterocycles. The van der Waals surface area contributed by atoms with E-state index < -0.39 is 11.9 Å². The van der Waals surface area contributed by atoms with Crippen LogP contribution in [0.4, 0.5) is 11.4 Å². The van der Waals surface area contributed by atoms with Gasteiger partial charge in [-0.2, -0.15) is 0 Å². The van der Waals surface area contributed by atoms with Crippen molar-refractivity contribution in [3.8, 4) is 0 Å². The molecule has 6 nitrogen and oxygen atoms in total. The predicted molar refractivity (Wildman–Crippen MR) is 75.9 cm³/mol. The number of nitrogens with two attached hydrogens (primary N) is 2. The number of rotatable bonds is 7. The van der Waals surface area contributed by atoms with Gasteiger partial charge in [-0.05, 0) is 31.0 Å². The van der Waals surface area contributed by atoms with Gasteiger partial charge in [0.2, 0.25) is 0 Å². The number of unbranched alkanes of at least 4 members (excludes halogenated alkanes) is 1. The normalized spacial score (nSPS) is 9.80. The van der Waals surface area contributed by atoms with Crippen molar-refractivity contribution in [3.05, 3.63) is 36.4 Å². The van der Waals surface area contributed by atoms with E-state index in [0.717, 1.165) is 6.08 Å². The second-order valence-corrected chi connectivity index (χ2v) is 4.06. The Morgan fingerprint density at radius 1 is 1.10 bits per heavy atom. The summed E-state index contributed by atoms with van der Waals surface area (Å²) in [5, 5.41) is 0. The summed E-state index contributed by atoms with van der Waals surface area (Å²) in [5.74, 6) is -0.917. The first-order valence-corrected chi connectivity index (χ1v) is 6.16. The van der Waals surface area contributed by atoms with E-state index in [9.17, 15) is 9.59 Å². The zero-order valence-corrected chi connectivity index (χ0v) is 11.1. The van der Waals surface area contributed by atoms with Crippen LogP contribution < -0.4 is 11.5 Å². The average molecular weight is 278 g/mol. The summed E-state index contributed by atoms with van der Waals surface area (Å²) < 4.78 is 9.84. The van der Waals surface area contributed by atoms with Crippen LogP contribution in [-0.2, 0) is 14.3 Å². The van der Waals surface area contributed by atoms with Gasteiger partial charge in [0.05, 0.1) is 30.2 Å². The Bertz CT molecular complexity index is 500. The molecule has 1 rings (SSSR count). The van der Waals surface area contributed by atoms with Crippen LogP contribution in [0.3, 0.4) is 0 Å². The Kier molecular flexibility index (Phi) is 6.09.